The number of hydrogen-bond donors (Lipinski definition) is 2. The van der Waals surface area contributed by atoms with E-state index in [4.69, 9.17) is 5.73 Å². The van der Waals surface area contributed by atoms with Crippen molar-refractivity contribution in [3.63, 3.8) is 0 Å². The lowest BCUT2D eigenvalue weighted by Gasteiger charge is -2.26. The van der Waals surface area contributed by atoms with Gasteiger partial charge in [-0.25, -0.2) is 4.39 Å². The monoisotopic (exact) mass is 328 g/mol. The van der Waals surface area contributed by atoms with Crippen molar-refractivity contribution in [2.75, 3.05) is 11.9 Å². The van der Waals surface area contributed by atoms with Gasteiger partial charge in [-0.05, 0) is 72.3 Å². The van der Waals surface area contributed by atoms with E-state index < -0.39 is 0 Å². The molecule has 0 spiro atoms. The molecule has 0 aliphatic heterocycles. The number of carbonyl (C=O) groups is 1. The second kappa shape index (κ2) is 6.48. The van der Waals surface area contributed by atoms with E-state index >= 15 is 0 Å². The molecule has 3 N–H and O–H groups in total. The molecule has 1 aliphatic carbocycles. The number of nitrogens with two attached hydrogens (primary N) is 1. The van der Waals surface area contributed by atoms with E-state index in [1.54, 1.807) is 12.1 Å². The molecule has 0 heterocycles. The van der Waals surface area contributed by atoms with Crippen LogP contribution < -0.4 is 11.1 Å². The molecule has 0 atom stereocenters. The summed E-state index contributed by atoms with van der Waals surface area (Å²) in [6.07, 6.45) is 3.74. The first-order valence-electron chi connectivity index (χ1n) is 6.56. The Morgan fingerprint density at radius 3 is 2.63 bits per heavy atom. The number of halogens is 2. The van der Waals surface area contributed by atoms with Gasteiger partial charge in [-0.3, -0.25) is 4.79 Å². The van der Waals surface area contributed by atoms with Crippen LogP contribution >= 0.6 is 15.9 Å². The number of anilines is 1. The molecule has 1 saturated carbocycles. The molecule has 0 unspecified atom stereocenters. The molecule has 1 amide bonds. The third-order valence-electron chi connectivity index (χ3n) is 3.74. The van der Waals surface area contributed by atoms with Crippen LogP contribution in [0.25, 0.3) is 0 Å². The first-order chi connectivity index (χ1) is 9.10. The summed E-state index contributed by atoms with van der Waals surface area (Å²) in [7, 11) is 0. The van der Waals surface area contributed by atoms with Crippen LogP contribution in [0.1, 0.15) is 25.7 Å². The summed E-state index contributed by atoms with van der Waals surface area (Å²) in [5.41, 5.74) is 6.14. The molecule has 19 heavy (non-hydrogen) atoms. The fraction of sp³-hybridized carbons (Fsp3) is 0.500. The molecule has 2 rings (SSSR count). The Balaban J connectivity index is 1.92. The summed E-state index contributed by atoms with van der Waals surface area (Å²) in [5.74, 6) is 0.186. The molecule has 5 heteroatoms. The average Bonchev–Trinajstić information content (AvgIpc) is 2.43. The van der Waals surface area contributed by atoms with Crippen LogP contribution in [0.5, 0.6) is 0 Å². The number of carbonyl (C=O) groups excluding carboxylic acids is 1. The Morgan fingerprint density at radius 1 is 1.37 bits per heavy atom. The van der Waals surface area contributed by atoms with Crippen molar-refractivity contribution >= 4 is 27.5 Å². The maximum Gasteiger partial charge on any atom is 0.227 e. The topological polar surface area (TPSA) is 55.1 Å². The van der Waals surface area contributed by atoms with Crippen molar-refractivity contribution in [1.29, 1.82) is 0 Å². The molecule has 0 aromatic heterocycles. The molecular formula is C14H18BrFN2O. The van der Waals surface area contributed by atoms with E-state index in [2.05, 4.69) is 21.2 Å². The Bertz CT molecular complexity index is 459. The van der Waals surface area contributed by atoms with Gasteiger partial charge in [-0.15, -0.1) is 0 Å². The van der Waals surface area contributed by atoms with Gasteiger partial charge in [-0.1, -0.05) is 0 Å². The minimum absolute atomic E-state index is 0.0165. The molecule has 0 radical (unpaired) electrons. The molecule has 1 aliphatic rings. The van der Waals surface area contributed by atoms with Gasteiger partial charge in [0.2, 0.25) is 5.91 Å². The predicted octanol–water partition coefficient (Wildman–Crippen LogP) is 3.29. The van der Waals surface area contributed by atoms with E-state index in [0.29, 0.717) is 22.6 Å². The van der Waals surface area contributed by atoms with Crippen molar-refractivity contribution in [2.24, 2.45) is 17.6 Å². The molecule has 1 aromatic rings. The largest absolute Gasteiger partial charge is 0.330 e. The van der Waals surface area contributed by atoms with Gasteiger partial charge in [0.25, 0.3) is 0 Å². The SMILES string of the molecule is NCC1CCC(C(=O)Nc2ccc(Br)c(F)c2)CC1. The van der Waals surface area contributed by atoms with Gasteiger partial charge >= 0.3 is 0 Å². The van der Waals surface area contributed by atoms with Gasteiger partial charge in [0.15, 0.2) is 0 Å². The van der Waals surface area contributed by atoms with Crippen LogP contribution in [-0.4, -0.2) is 12.5 Å². The third kappa shape index (κ3) is 3.76. The van der Waals surface area contributed by atoms with Gasteiger partial charge in [0, 0.05) is 11.6 Å². The summed E-state index contributed by atoms with van der Waals surface area (Å²) < 4.78 is 13.8. The number of nitrogens with one attached hydrogen (secondary N) is 1. The highest BCUT2D eigenvalue weighted by molar-refractivity contribution is 9.10. The van der Waals surface area contributed by atoms with Gasteiger partial charge in [-0.2, -0.15) is 0 Å². The zero-order valence-electron chi connectivity index (χ0n) is 10.7. The minimum atomic E-state index is -0.371. The van der Waals surface area contributed by atoms with Crippen molar-refractivity contribution < 1.29 is 9.18 Å². The minimum Gasteiger partial charge on any atom is -0.330 e. The standard InChI is InChI=1S/C14H18BrFN2O/c15-12-6-5-11(7-13(12)16)18-14(19)10-3-1-9(8-17)2-4-10/h5-7,9-10H,1-4,8,17H2,(H,18,19). The number of rotatable bonds is 3. The van der Waals surface area contributed by atoms with Crippen LogP contribution in [-0.2, 0) is 4.79 Å². The highest BCUT2D eigenvalue weighted by atomic mass is 79.9. The van der Waals surface area contributed by atoms with Crippen LogP contribution in [0, 0.1) is 17.7 Å². The Kier molecular flexibility index (Phi) is 4.93. The highest BCUT2D eigenvalue weighted by Gasteiger charge is 2.25. The second-order valence-electron chi connectivity index (χ2n) is 5.07. The normalized spacial score (nSPS) is 23.1. The van der Waals surface area contributed by atoms with Gasteiger partial charge in [0.1, 0.15) is 5.82 Å². The van der Waals surface area contributed by atoms with Gasteiger partial charge in [0.05, 0.1) is 4.47 Å². The lowest BCUT2D eigenvalue weighted by Crippen LogP contribution is -2.29. The summed E-state index contributed by atoms with van der Waals surface area (Å²) in [5, 5.41) is 2.78. The Hall–Kier alpha value is -0.940. The van der Waals surface area contributed by atoms with E-state index in [9.17, 15) is 9.18 Å². The summed E-state index contributed by atoms with van der Waals surface area (Å²) in [4.78, 5) is 12.1. The van der Waals surface area contributed by atoms with E-state index in [1.807, 2.05) is 0 Å². The number of hydrogen-bond acceptors (Lipinski definition) is 2. The zero-order chi connectivity index (χ0) is 13.8. The summed E-state index contributed by atoms with van der Waals surface area (Å²) >= 11 is 3.09. The number of benzene rings is 1. The maximum atomic E-state index is 13.4. The fourth-order valence-corrected chi connectivity index (χ4v) is 2.73. The lowest BCUT2D eigenvalue weighted by atomic mass is 9.81. The third-order valence-corrected chi connectivity index (χ3v) is 4.38. The quantitative estimate of drug-likeness (QED) is 0.894. The van der Waals surface area contributed by atoms with E-state index in [-0.39, 0.29) is 17.6 Å². The predicted molar refractivity (Wildman–Crippen MR) is 77.2 cm³/mol. The molecule has 0 bridgehead atoms. The Labute approximate surface area is 120 Å². The van der Waals surface area contributed by atoms with Crippen molar-refractivity contribution in [3.8, 4) is 0 Å². The fourth-order valence-electron chi connectivity index (χ4n) is 2.48. The highest BCUT2D eigenvalue weighted by Crippen LogP contribution is 2.29. The number of amides is 1. The van der Waals surface area contributed by atoms with Gasteiger partial charge < -0.3 is 11.1 Å². The molecule has 0 saturated heterocycles. The van der Waals surface area contributed by atoms with Crippen LogP contribution in [0.2, 0.25) is 0 Å². The lowest BCUT2D eigenvalue weighted by molar-refractivity contribution is -0.121. The first-order valence-corrected chi connectivity index (χ1v) is 7.35. The molecule has 104 valence electrons. The maximum absolute atomic E-state index is 13.4. The Morgan fingerprint density at radius 2 is 2.05 bits per heavy atom. The van der Waals surface area contributed by atoms with Crippen LogP contribution in [0.3, 0.4) is 0 Å². The van der Waals surface area contributed by atoms with Crippen molar-refractivity contribution in [3.05, 3.63) is 28.5 Å². The average molecular weight is 329 g/mol. The van der Waals surface area contributed by atoms with E-state index in [0.717, 1.165) is 25.7 Å². The molecule has 3 nitrogen and oxygen atoms in total. The molecule has 1 aromatic carbocycles. The zero-order valence-corrected chi connectivity index (χ0v) is 12.2. The molecular weight excluding hydrogens is 311 g/mol. The summed E-state index contributed by atoms with van der Waals surface area (Å²) in [6.45, 7) is 0.701. The second-order valence-corrected chi connectivity index (χ2v) is 5.93. The summed E-state index contributed by atoms with van der Waals surface area (Å²) in [6, 6.07) is 4.61. The smallest absolute Gasteiger partial charge is 0.227 e. The molecule has 1 fully saturated rings. The van der Waals surface area contributed by atoms with Crippen molar-refractivity contribution in [2.45, 2.75) is 25.7 Å². The first kappa shape index (κ1) is 14.5. The van der Waals surface area contributed by atoms with E-state index in [1.165, 1.54) is 6.07 Å². The van der Waals surface area contributed by atoms with Crippen LogP contribution in [0.15, 0.2) is 22.7 Å². The van der Waals surface area contributed by atoms with Crippen molar-refractivity contribution in [1.82, 2.24) is 0 Å². The van der Waals surface area contributed by atoms with Crippen LogP contribution in [0.4, 0.5) is 10.1 Å².